The molecule has 2 fully saturated rings. The molecule has 0 heterocycles. The van der Waals surface area contributed by atoms with E-state index in [2.05, 4.69) is 5.32 Å². The van der Waals surface area contributed by atoms with Gasteiger partial charge in [-0.25, -0.2) is 0 Å². The number of primary amides is 1. The van der Waals surface area contributed by atoms with Gasteiger partial charge in [-0.05, 0) is 50.7 Å². The Morgan fingerprint density at radius 3 is 2.76 bits per heavy atom. The SMILES string of the molecule is NC(=O)C1(NC2CC2)CCCC(Sc2ccccc2Cl)C1. The molecular formula is C16H21ClN2OS. The van der Waals surface area contributed by atoms with Crippen LogP contribution in [0.4, 0.5) is 0 Å². The van der Waals surface area contributed by atoms with Gasteiger partial charge in [0.2, 0.25) is 5.91 Å². The number of nitrogens with two attached hydrogens (primary N) is 1. The Morgan fingerprint density at radius 1 is 1.33 bits per heavy atom. The largest absolute Gasteiger partial charge is 0.368 e. The van der Waals surface area contributed by atoms with Crippen LogP contribution in [0.3, 0.4) is 0 Å². The third-order valence-corrected chi connectivity index (χ3v) is 6.15. The zero-order chi connectivity index (χ0) is 14.9. The third-order valence-electron chi connectivity index (χ3n) is 4.37. The minimum atomic E-state index is -0.516. The molecule has 3 nitrogen and oxygen atoms in total. The van der Waals surface area contributed by atoms with E-state index in [0.29, 0.717) is 11.3 Å². The Bertz CT molecular complexity index is 535. The Morgan fingerprint density at radius 2 is 2.10 bits per heavy atom. The lowest BCUT2D eigenvalue weighted by atomic mass is 9.80. The molecule has 3 N–H and O–H groups in total. The molecule has 1 aromatic carbocycles. The van der Waals surface area contributed by atoms with Crippen molar-refractivity contribution >= 4 is 29.3 Å². The maximum absolute atomic E-state index is 12.0. The normalized spacial score (nSPS) is 29.3. The fourth-order valence-corrected chi connectivity index (χ4v) is 4.71. The first-order valence-corrected chi connectivity index (χ1v) is 8.84. The van der Waals surface area contributed by atoms with Gasteiger partial charge in [0.25, 0.3) is 0 Å². The maximum atomic E-state index is 12.0. The number of nitrogens with one attached hydrogen (secondary N) is 1. The Labute approximate surface area is 135 Å². The van der Waals surface area contributed by atoms with E-state index in [9.17, 15) is 4.79 Å². The van der Waals surface area contributed by atoms with Crippen LogP contribution in [0.2, 0.25) is 5.02 Å². The highest BCUT2D eigenvalue weighted by Crippen LogP contribution is 2.41. The molecule has 1 amide bonds. The van der Waals surface area contributed by atoms with E-state index < -0.39 is 5.54 Å². The Hall–Kier alpha value is -0.710. The molecule has 21 heavy (non-hydrogen) atoms. The average Bonchev–Trinajstić information content (AvgIpc) is 3.25. The quantitative estimate of drug-likeness (QED) is 0.873. The third kappa shape index (κ3) is 3.55. The van der Waals surface area contributed by atoms with Crippen LogP contribution < -0.4 is 11.1 Å². The summed E-state index contributed by atoms with van der Waals surface area (Å²) in [7, 11) is 0. The number of amides is 1. The molecule has 2 unspecified atom stereocenters. The smallest absolute Gasteiger partial charge is 0.237 e. The molecule has 2 atom stereocenters. The second kappa shape index (κ2) is 6.19. The van der Waals surface area contributed by atoms with Gasteiger partial charge < -0.3 is 11.1 Å². The van der Waals surface area contributed by atoms with Crippen LogP contribution in [-0.2, 0) is 4.79 Å². The fourth-order valence-electron chi connectivity index (χ4n) is 3.09. The van der Waals surface area contributed by atoms with E-state index >= 15 is 0 Å². The topological polar surface area (TPSA) is 55.1 Å². The lowest BCUT2D eigenvalue weighted by Gasteiger charge is -2.39. The molecule has 114 valence electrons. The monoisotopic (exact) mass is 324 g/mol. The maximum Gasteiger partial charge on any atom is 0.237 e. The highest BCUT2D eigenvalue weighted by Gasteiger charge is 2.44. The minimum absolute atomic E-state index is 0.196. The molecule has 0 bridgehead atoms. The van der Waals surface area contributed by atoms with Crippen LogP contribution in [0.5, 0.6) is 0 Å². The van der Waals surface area contributed by atoms with Crippen LogP contribution in [0, 0.1) is 0 Å². The number of rotatable bonds is 5. The number of benzene rings is 1. The van der Waals surface area contributed by atoms with Crippen molar-refractivity contribution in [2.75, 3.05) is 0 Å². The summed E-state index contributed by atoms with van der Waals surface area (Å²) in [4.78, 5) is 13.1. The number of halogens is 1. The van der Waals surface area contributed by atoms with Gasteiger partial charge >= 0.3 is 0 Å². The summed E-state index contributed by atoms with van der Waals surface area (Å²) in [5.41, 5.74) is 5.21. The summed E-state index contributed by atoms with van der Waals surface area (Å²) in [5.74, 6) is -0.196. The predicted molar refractivity (Wildman–Crippen MR) is 87.6 cm³/mol. The van der Waals surface area contributed by atoms with E-state index in [1.165, 1.54) is 0 Å². The second-order valence-corrected chi connectivity index (χ2v) is 7.88. The number of carbonyl (C=O) groups excluding carboxylic acids is 1. The number of hydrogen-bond acceptors (Lipinski definition) is 3. The van der Waals surface area contributed by atoms with Crippen LogP contribution in [-0.4, -0.2) is 22.7 Å². The predicted octanol–water partition coefficient (Wildman–Crippen LogP) is 3.35. The lowest BCUT2D eigenvalue weighted by Crippen LogP contribution is -2.59. The summed E-state index contributed by atoms with van der Waals surface area (Å²) in [6.07, 6.45) is 6.13. The minimum Gasteiger partial charge on any atom is -0.368 e. The van der Waals surface area contributed by atoms with Gasteiger partial charge in [0.05, 0.1) is 10.6 Å². The van der Waals surface area contributed by atoms with Crippen LogP contribution >= 0.6 is 23.4 Å². The van der Waals surface area contributed by atoms with Gasteiger partial charge in [0.1, 0.15) is 0 Å². The molecule has 0 saturated heterocycles. The molecule has 2 aliphatic carbocycles. The highest BCUT2D eigenvalue weighted by molar-refractivity contribution is 8.00. The molecule has 3 rings (SSSR count). The van der Waals surface area contributed by atoms with Crippen molar-refractivity contribution in [2.24, 2.45) is 5.73 Å². The van der Waals surface area contributed by atoms with Gasteiger partial charge in [-0.1, -0.05) is 23.7 Å². The van der Waals surface area contributed by atoms with Crippen LogP contribution in [0.25, 0.3) is 0 Å². The van der Waals surface area contributed by atoms with E-state index in [1.807, 2.05) is 24.3 Å². The van der Waals surface area contributed by atoms with E-state index in [1.54, 1.807) is 11.8 Å². The van der Waals surface area contributed by atoms with Gasteiger partial charge in [0, 0.05) is 16.2 Å². The average molecular weight is 325 g/mol. The van der Waals surface area contributed by atoms with E-state index in [4.69, 9.17) is 17.3 Å². The first kappa shape index (κ1) is 15.2. The molecule has 0 aliphatic heterocycles. The summed E-state index contributed by atoms with van der Waals surface area (Å²) in [5, 5.41) is 4.69. The van der Waals surface area contributed by atoms with Gasteiger partial charge in [-0.3, -0.25) is 4.79 Å². The zero-order valence-electron chi connectivity index (χ0n) is 12.0. The molecule has 2 aliphatic rings. The van der Waals surface area contributed by atoms with Gasteiger partial charge in [-0.2, -0.15) is 0 Å². The fraction of sp³-hybridized carbons (Fsp3) is 0.562. The number of thioether (sulfide) groups is 1. The summed E-state index contributed by atoms with van der Waals surface area (Å²) < 4.78 is 0. The molecule has 0 radical (unpaired) electrons. The van der Waals surface area contributed by atoms with Crippen molar-refractivity contribution in [1.29, 1.82) is 0 Å². The molecular weight excluding hydrogens is 304 g/mol. The van der Waals surface area contributed by atoms with Crippen molar-refractivity contribution in [3.63, 3.8) is 0 Å². The Kier molecular flexibility index (Phi) is 4.48. The Balaban J connectivity index is 1.72. The number of carbonyl (C=O) groups is 1. The van der Waals surface area contributed by atoms with Crippen molar-refractivity contribution in [3.8, 4) is 0 Å². The molecule has 0 spiro atoms. The molecule has 2 saturated carbocycles. The zero-order valence-corrected chi connectivity index (χ0v) is 13.6. The first-order chi connectivity index (χ1) is 10.1. The van der Waals surface area contributed by atoms with E-state index in [-0.39, 0.29) is 5.91 Å². The first-order valence-electron chi connectivity index (χ1n) is 7.58. The molecule has 0 aromatic heterocycles. The lowest BCUT2D eigenvalue weighted by molar-refractivity contribution is -0.125. The number of hydrogen-bond donors (Lipinski definition) is 2. The van der Waals surface area contributed by atoms with Crippen LogP contribution in [0.1, 0.15) is 38.5 Å². The molecule has 5 heteroatoms. The van der Waals surface area contributed by atoms with Gasteiger partial charge in [-0.15, -0.1) is 11.8 Å². The summed E-state index contributed by atoms with van der Waals surface area (Å²) >= 11 is 8.02. The van der Waals surface area contributed by atoms with Crippen molar-refractivity contribution in [3.05, 3.63) is 29.3 Å². The second-order valence-electron chi connectivity index (χ2n) is 6.13. The van der Waals surface area contributed by atoms with Crippen molar-refractivity contribution in [1.82, 2.24) is 5.32 Å². The summed E-state index contributed by atoms with van der Waals surface area (Å²) in [6, 6.07) is 8.39. The standard InChI is InChI=1S/C16H21ClN2OS/c17-13-5-1-2-6-14(13)21-12-4-3-9-16(10-12,15(18)20)19-11-7-8-11/h1-2,5-6,11-12,19H,3-4,7-10H2,(H2,18,20). The summed E-state index contributed by atoms with van der Waals surface area (Å²) in [6.45, 7) is 0. The van der Waals surface area contributed by atoms with E-state index in [0.717, 1.165) is 48.4 Å². The molecule has 1 aromatic rings. The van der Waals surface area contributed by atoms with Crippen molar-refractivity contribution in [2.45, 2.75) is 60.3 Å². The van der Waals surface area contributed by atoms with Gasteiger partial charge in [0.15, 0.2) is 0 Å². The van der Waals surface area contributed by atoms with Crippen molar-refractivity contribution < 1.29 is 4.79 Å². The highest BCUT2D eigenvalue weighted by atomic mass is 35.5. The van der Waals surface area contributed by atoms with Crippen LogP contribution in [0.15, 0.2) is 29.2 Å².